The molecular weight excluding hydrogens is 340 g/mol. The lowest BCUT2D eigenvalue weighted by molar-refractivity contribution is -0.0187. The lowest BCUT2D eigenvalue weighted by Gasteiger charge is -2.37. The number of rotatable bonds is 2. The van der Waals surface area contributed by atoms with E-state index in [0.29, 0.717) is 0 Å². The number of hydrogen-bond acceptors (Lipinski definition) is 4. The first-order valence-corrected chi connectivity index (χ1v) is 9.86. The Morgan fingerprint density at radius 3 is 2.77 bits per heavy atom. The van der Waals surface area contributed by atoms with Gasteiger partial charge in [-0.15, -0.1) is 0 Å². The first kappa shape index (κ1) is 15.6. The Bertz CT molecular complexity index is 993. The highest BCUT2D eigenvalue weighted by molar-refractivity contribution is 7.07. The summed E-state index contributed by atoms with van der Waals surface area (Å²) < 4.78 is 6.34. The van der Waals surface area contributed by atoms with Gasteiger partial charge >= 0.3 is 0 Å². The van der Waals surface area contributed by atoms with Gasteiger partial charge in [0.05, 0.1) is 11.8 Å². The Hall–Kier alpha value is -2.59. The Morgan fingerprint density at radius 2 is 1.96 bits per heavy atom. The van der Waals surface area contributed by atoms with E-state index in [1.54, 1.807) is 11.3 Å². The van der Waals surface area contributed by atoms with Crippen LogP contribution in [0.15, 0.2) is 64.4 Å². The van der Waals surface area contributed by atoms with Gasteiger partial charge in [0.25, 0.3) is 0 Å². The van der Waals surface area contributed by atoms with E-state index in [1.807, 2.05) is 6.07 Å². The number of para-hydroxylation sites is 1. The largest absolute Gasteiger partial charge is 0.464 e. The average molecular weight is 360 g/mol. The zero-order valence-electron chi connectivity index (χ0n) is 14.8. The number of ether oxygens (including phenoxy) is 1. The third-order valence-corrected chi connectivity index (χ3v) is 6.07. The van der Waals surface area contributed by atoms with Gasteiger partial charge in [-0.05, 0) is 59.5 Å². The van der Waals surface area contributed by atoms with Crippen LogP contribution in [0.1, 0.15) is 46.5 Å². The van der Waals surface area contributed by atoms with Crippen molar-refractivity contribution in [3.63, 3.8) is 0 Å². The predicted molar refractivity (Wildman–Crippen MR) is 106 cm³/mol. The van der Waals surface area contributed by atoms with Gasteiger partial charge in [0.1, 0.15) is 5.75 Å². The number of nitrogens with zero attached hydrogens (tertiary/aromatic N) is 2. The van der Waals surface area contributed by atoms with Gasteiger partial charge in [0, 0.05) is 17.5 Å². The summed E-state index contributed by atoms with van der Waals surface area (Å²) in [5, 5.41) is 11.4. The molecule has 130 valence electrons. The molecule has 3 nitrogen and oxygen atoms in total. The molecule has 2 aliphatic heterocycles. The molecule has 0 amide bonds. The number of fused-ring (bicyclic) bond motifs is 3. The minimum absolute atomic E-state index is 0.162. The minimum atomic E-state index is -0.162. The number of thiophene rings is 1. The summed E-state index contributed by atoms with van der Waals surface area (Å²) in [6, 6.07) is 17.3. The van der Waals surface area contributed by atoms with Crippen LogP contribution in [0.3, 0.4) is 0 Å². The van der Waals surface area contributed by atoms with Crippen molar-refractivity contribution in [1.82, 2.24) is 5.01 Å². The van der Waals surface area contributed by atoms with Crippen molar-refractivity contribution < 1.29 is 4.74 Å². The molecule has 0 saturated heterocycles. The van der Waals surface area contributed by atoms with E-state index >= 15 is 0 Å². The topological polar surface area (TPSA) is 24.8 Å². The average Bonchev–Trinajstić information content (AvgIpc) is 3.33. The summed E-state index contributed by atoms with van der Waals surface area (Å²) >= 11 is 1.69. The van der Waals surface area contributed by atoms with Crippen LogP contribution in [0.25, 0.3) is 0 Å². The van der Waals surface area contributed by atoms with Crippen LogP contribution in [0, 0.1) is 13.8 Å². The molecular formula is C22H20N2OS. The van der Waals surface area contributed by atoms with E-state index < -0.39 is 0 Å². The standard InChI is InChI=1S/C22H20N2OS/c1-14-7-8-16(11-15(14)2)19-12-20-18-5-3-4-6-21(18)25-22(24(20)23-19)17-9-10-26-13-17/h3-11,13,20,22H,12H2,1-2H3. The second-order valence-corrected chi connectivity index (χ2v) is 7.79. The second kappa shape index (κ2) is 5.99. The normalized spacial score (nSPS) is 21.0. The van der Waals surface area contributed by atoms with Gasteiger partial charge in [-0.1, -0.05) is 30.3 Å². The third-order valence-electron chi connectivity index (χ3n) is 5.37. The van der Waals surface area contributed by atoms with E-state index in [2.05, 4.69) is 72.1 Å². The van der Waals surface area contributed by atoms with Crippen LogP contribution in [-0.2, 0) is 0 Å². The van der Waals surface area contributed by atoms with Gasteiger partial charge in [-0.3, -0.25) is 0 Å². The van der Waals surface area contributed by atoms with Crippen LogP contribution in [0.2, 0.25) is 0 Å². The van der Waals surface area contributed by atoms with Gasteiger partial charge in [-0.2, -0.15) is 16.4 Å². The SMILES string of the molecule is Cc1ccc(C2=NN3C(C2)c2ccccc2OC3c2ccsc2)cc1C. The Morgan fingerprint density at radius 1 is 1.08 bits per heavy atom. The van der Waals surface area contributed by atoms with Crippen LogP contribution in [-0.4, -0.2) is 10.7 Å². The molecule has 0 N–H and O–H groups in total. The molecule has 2 aliphatic rings. The molecule has 0 saturated carbocycles. The number of hydrazone groups is 1. The zero-order chi connectivity index (χ0) is 17.7. The Kier molecular flexibility index (Phi) is 3.61. The molecule has 0 radical (unpaired) electrons. The molecule has 0 aliphatic carbocycles. The van der Waals surface area contributed by atoms with Gasteiger partial charge < -0.3 is 4.74 Å². The van der Waals surface area contributed by atoms with E-state index in [-0.39, 0.29) is 12.3 Å². The van der Waals surface area contributed by atoms with E-state index in [0.717, 1.165) is 17.9 Å². The summed E-state index contributed by atoms with van der Waals surface area (Å²) in [6.45, 7) is 4.31. The highest BCUT2D eigenvalue weighted by Gasteiger charge is 2.40. The van der Waals surface area contributed by atoms with E-state index in [1.165, 1.54) is 27.8 Å². The number of aryl methyl sites for hydroxylation is 2. The predicted octanol–water partition coefficient (Wildman–Crippen LogP) is 5.61. The van der Waals surface area contributed by atoms with Crippen molar-refractivity contribution >= 4 is 17.0 Å². The summed E-state index contributed by atoms with van der Waals surface area (Å²) in [5.41, 5.74) is 7.36. The zero-order valence-corrected chi connectivity index (χ0v) is 15.7. The molecule has 0 bridgehead atoms. The van der Waals surface area contributed by atoms with Crippen LogP contribution < -0.4 is 4.74 Å². The van der Waals surface area contributed by atoms with Crippen molar-refractivity contribution in [2.24, 2.45) is 5.10 Å². The van der Waals surface area contributed by atoms with Crippen molar-refractivity contribution in [3.8, 4) is 5.75 Å². The molecule has 0 fully saturated rings. The summed E-state index contributed by atoms with van der Waals surface area (Å²) in [7, 11) is 0. The first-order valence-electron chi connectivity index (χ1n) is 8.92. The molecule has 26 heavy (non-hydrogen) atoms. The minimum Gasteiger partial charge on any atom is -0.464 e. The fourth-order valence-corrected chi connectivity index (χ4v) is 4.43. The molecule has 2 atom stereocenters. The lowest BCUT2D eigenvalue weighted by atomic mass is 9.95. The molecule has 3 aromatic rings. The molecule has 1 aromatic heterocycles. The third kappa shape index (κ3) is 2.44. The summed E-state index contributed by atoms with van der Waals surface area (Å²) in [6.07, 6.45) is 0.744. The monoisotopic (exact) mass is 360 g/mol. The lowest BCUT2D eigenvalue weighted by Crippen LogP contribution is -2.33. The van der Waals surface area contributed by atoms with Crippen LogP contribution >= 0.6 is 11.3 Å². The second-order valence-electron chi connectivity index (χ2n) is 7.01. The fraction of sp³-hybridized carbons (Fsp3) is 0.227. The summed E-state index contributed by atoms with van der Waals surface area (Å²) in [4.78, 5) is 0. The molecule has 2 unspecified atom stereocenters. The van der Waals surface area contributed by atoms with Gasteiger partial charge in [-0.25, -0.2) is 5.01 Å². The van der Waals surface area contributed by atoms with E-state index in [4.69, 9.17) is 9.84 Å². The van der Waals surface area contributed by atoms with Crippen molar-refractivity contribution in [2.45, 2.75) is 32.5 Å². The number of hydrogen-bond donors (Lipinski definition) is 0. The quantitative estimate of drug-likeness (QED) is 0.593. The molecule has 2 aromatic carbocycles. The van der Waals surface area contributed by atoms with Crippen LogP contribution in [0.4, 0.5) is 0 Å². The number of benzene rings is 2. The smallest absolute Gasteiger partial charge is 0.214 e. The molecule has 4 heteroatoms. The Labute approximate surface area is 157 Å². The van der Waals surface area contributed by atoms with Crippen LogP contribution in [0.5, 0.6) is 5.75 Å². The first-order chi connectivity index (χ1) is 12.7. The van der Waals surface area contributed by atoms with Crippen molar-refractivity contribution in [1.29, 1.82) is 0 Å². The van der Waals surface area contributed by atoms with Gasteiger partial charge in [0.2, 0.25) is 6.23 Å². The van der Waals surface area contributed by atoms with Gasteiger partial charge in [0.15, 0.2) is 0 Å². The highest BCUT2D eigenvalue weighted by Crippen LogP contribution is 2.47. The van der Waals surface area contributed by atoms with Crippen molar-refractivity contribution in [3.05, 3.63) is 87.1 Å². The van der Waals surface area contributed by atoms with Crippen molar-refractivity contribution in [2.75, 3.05) is 0 Å². The maximum absolute atomic E-state index is 6.34. The maximum atomic E-state index is 6.34. The summed E-state index contributed by atoms with van der Waals surface area (Å²) in [5.74, 6) is 0.974. The molecule has 5 rings (SSSR count). The molecule has 3 heterocycles. The fourth-order valence-electron chi connectivity index (χ4n) is 3.77. The maximum Gasteiger partial charge on any atom is 0.214 e. The Balaban J connectivity index is 1.59. The molecule has 0 spiro atoms. The highest BCUT2D eigenvalue weighted by atomic mass is 32.1. The van der Waals surface area contributed by atoms with E-state index in [9.17, 15) is 0 Å².